The summed E-state index contributed by atoms with van der Waals surface area (Å²) in [6.45, 7) is 2.21. The standard InChI is InChI=1S/C26H25FN4O4/c1-17(16-20-6-5-15-34-20)28-24(32)18-9-11-19(12-10-18)25-29-23(30-35-25)13-14-31(2)26(33)21-7-3-4-8-22(21)27/h3-12,15,17H,13-14,16H2,1-2H3,(H,28,32)/t17-/m0/s1. The molecule has 8 nitrogen and oxygen atoms in total. The van der Waals surface area contributed by atoms with Gasteiger partial charge in [0.15, 0.2) is 5.82 Å². The fourth-order valence-electron chi connectivity index (χ4n) is 3.54. The number of amides is 2. The summed E-state index contributed by atoms with van der Waals surface area (Å²) >= 11 is 0. The summed E-state index contributed by atoms with van der Waals surface area (Å²) in [5.74, 6) is 0.366. The maximum Gasteiger partial charge on any atom is 0.257 e. The van der Waals surface area contributed by atoms with E-state index in [9.17, 15) is 14.0 Å². The van der Waals surface area contributed by atoms with Crippen molar-refractivity contribution in [1.82, 2.24) is 20.4 Å². The van der Waals surface area contributed by atoms with Crippen LogP contribution < -0.4 is 5.32 Å². The number of carbonyl (C=O) groups is 2. The molecule has 0 saturated heterocycles. The fourth-order valence-corrected chi connectivity index (χ4v) is 3.54. The Labute approximate surface area is 201 Å². The van der Waals surface area contributed by atoms with Gasteiger partial charge in [0.25, 0.3) is 17.7 Å². The van der Waals surface area contributed by atoms with Gasteiger partial charge in [-0.2, -0.15) is 4.98 Å². The first-order valence-electron chi connectivity index (χ1n) is 11.2. The van der Waals surface area contributed by atoms with E-state index in [1.165, 1.54) is 23.1 Å². The van der Waals surface area contributed by atoms with Gasteiger partial charge in [-0.15, -0.1) is 0 Å². The summed E-state index contributed by atoms with van der Waals surface area (Å²) in [4.78, 5) is 30.7. The molecule has 2 aromatic heterocycles. The topological polar surface area (TPSA) is 101 Å². The average Bonchev–Trinajstić information content (AvgIpc) is 3.55. The molecule has 0 spiro atoms. The van der Waals surface area contributed by atoms with Crippen molar-refractivity contribution in [2.24, 2.45) is 0 Å². The summed E-state index contributed by atoms with van der Waals surface area (Å²) in [6.07, 6.45) is 2.55. The minimum atomic E-state index is -0.560. The molecule has 180 valence electrons. The van der Waals surface area contributed by atoms with Gasteiger partial charge < -0.3 is 19.2 Å². The van der Waals surface area contributed by atoms with Crippen molar-refractivity contribution in [3.8, 4) is 11.5 Å². The van der Waals surface area contributed by atoms with Gasteiger partial charge in [0.05, 0.1) is 11.8 Å². The van der Waals surface area contributed by atoms with E-state index < -0.39 is 11.7 Å². The highest BCUT2D eigenvalue weighted by molar-refractivity contribution is 5.95. The summed E-state index contributed by atoms with van der Waals surface area (Å²) in [5.41, 5.74) is 1.19. The Hall–Kier alpha value is -4.27. The molecule has 4 rings (SSSR count). The van der Waals surface area contributed by atoms with E-state index in [2.05, 4.69) is 15.5 Å². The molecule has 0 aliphatic heterocycles. The SMILES string of the molecule is C[C@@H](Cc1ccco1)NC(=O)c1ccc(-c2nc(CCN(C)C(=O)c3ccccc3F)no2)cc1. The number of furan rings is 1. The second-order valence-corrected chi connectivity index (χ2v) is 8.21. The molecule has 0 saturated carbocycles. The predicted molar refractivity (Wildman–Crippen MR) is 126 cm³/mol. The van der Waals surface area contributed by atoms with E-state index in [-0.39, 0.29) is 17.5 Å². The van der Waals surface area contributed by atoms with E-state index in [4.69, 9.17) is 8.94 Å². The number of rotatable bonds is 9. The van der Waals surface area contributed by atoms with Crippen LogP contribution in [0.1, 0.15) is 39.2 Å². The molecule has 2 aromatic carbocycles. The average molecular weight is 477 g/mol. The number of hydrogen-bond acceptors (Lipinski definition) is 6. The lowest BCUT2D eigenvalue weighted by atomic mass is 10.1. The van der Waals surface area contributed by atoms with E-state index in [1.807, 2.05) is 19.1 Å². The third-order valence-electron chi connectivity index (χ3n) is 5.45. The zero-order chi connectivity index (χ0) is 24.8. The zero-order valence-electron chi connectivity index (χ0n) is 19.4. The molecule has 1 atom stereocenters. The van der Waals surface area contributed by atoms with Gasteiger partial charge in [-0.25, -0.2) is 4.39 Å². The molecular formula is C26H25FN4O4. The number of likely N-dealkylation sites (N-methyl/N-ethyl adjacent to an activating group) is 1. The van der Waals surface area contributed by atoms with Crippen LogP contribution in [0.3, 0.4) is 0 Å². The van der Waals surface area contributed by atoms with Crippen LogP contribution in [-0.4, -0.2) is 46.5 Å². The van der Waals surface area contributed by atoms with Gasteiger partial charge in [0.2, 0.25) is 0 Å². The van der Waals surface area contributed by atoms with E-state index >= 15 is 0 Å². The van der Waals surface area contributed by atoms with Gasteiger partial charge in [0, 0.05) is 43.6 Å². The van der Waals surface area contributed by atoms with Crippen LogP contribution in [0.4, 0.5) is 4.39 Å². The quantitative estimate of drug-likeness (QED) is 0.390. The van der Waals surface area contributed by atoms with Crippen LogP contribution in [0, 0.1) is 5.82 Å². The lowest BCUT2D eigenvalue weighted by Gasteiger charge is -2.16. The molecule has 0 bridgehead atoms. The summed E-state index contributed by atoms with van der Waals surface area (Å²) < 4.78 is 24.5. The molecule has 1 N–H and O–H groups in total. The maximum absolute atomic E-state index is 13.9. The van der Waals surface area contributed by atoms with E-state index in [0.29, 0.717) is 42.2 Å². The third kappa shape index (κ3) is 6.00. The number of hydrogen-bond donors (Lipinski definition) is 1. The van der Waals surface area contributed by atoms with Gasteiger partial charge in [0.1, 0.15) is 11.6 Å². The van der Waals surface area contributed by atoms with Crippen molar-refractivity contribution in [1.29, 1.82) is 0 Å². The first-order valence-corrected chi connectivity index (χ1v) is 11.2. The van der Waals surface area contributed by atoms with Crippen molar-refractivity contribution >= 4 is 11.8 Å². The molecule has 0 unspecified atom stereocenters. The Kier molecular flexibility index (Phi) is 7.35. The molecule has 0 fully saturated rings. The Morgan fingerprint density at radius 1 is 1.09 bits per heavy atom. The second-order valence-electron chi connectivity index (χ2n) is 8.21. The van der Waals surface area contributed by atoms with Crippen molar-refractivity contribution in [2.45, 2.75) is 25.8 Å². The highest BCUT2D eigenvalue weighted by atomic mass is 19.1. The lowest BCUT2D eigenvalue weighted by Crippen LogP contribution is -2.33. The molecule has 2 heterocycles. The largest absolute Gasteiger partial charge is 0.469 e. The molecule has 35 heavy (non-hydrogen) atoms. The van der Waals surface area contributed by atoms with Gasteiger partial charge in [-0.3, -0.25) is 9.59 Å². The molecule has 0 aliphatic rings. The normalized spacial score (nSPS) is 11.7. The first kappa shape index (κ1) is 23.9. The van der Waals surface area contributed by atoms with Gasteiger partial charge >= 0.3 is 0 Å². The highest BCUT2D eigenvalue weighted by Gasteiger charge is 2.17. The number of carbonyl (C=O) groups excluding carboxylic acids is 2. The van der Waals surface area contributed by atoms with Crippen molar-refractivity contribution in [3.05, 3.63) is 95.5 Å². The molecule has 9 heteroatoms. The van der Waals surface area contributed by atoms with Gasteiger partial charge in [-0.05, 0) is 55.5 Å². The number of halogens is 1. The summed E-state index contributed by atoms with van der Waals surface area (Å²) in [5, 5.41) is 6.90. The Balaban J connectivity index is 1.31. The predicted octanol–water partition coefficient (Wildman–Crippen LogP) is 4.14. The number of aromatic nitrogens is 2. The molecule has 2 amide bonds. The van der Waals surface area contributed by atoms with Crippen molar-refractivity contribution < 1.29 is 22.9 Å². The maximum atomic E-state index is 13.9. The minimum absolute atomic E-state index is 0.0169. The molecular weight excluding hydrogens is 451 g/mol. The molecule has 4 aromatic rings. The van der Waals surface area contributed by atoms with Crippen LogP contribution in [0.25, 0.3) is 11.5 Å². The summed E-state index contributed by atoms with van der Waals surface area (Å²) in [7, 11) is 1.59. The second kappa shape index (κ2) is 10.8. The summed E-state index contributed by atoms with van der Waals surface area (Å²) in [6, 6.07) is 16.3. The number of benzene rings is 2. The van der Waals surface area contributed by atoms with Crippen LogP contribution in [-0.2, 0) is 12.8 Å². The Morgan fingerprint density at radius 2 is 1.86 bits per heavy atom. The molecule has 0 radical (unpaired) electrons. The molecule has 0 aliphatic carbocycles. The van der Waals surface area contributed by atoms with Crippen LogP contribution in [0.5, 0.6) is 0 Å². The van der Waals surface area contributed by atoms with Crippen molar-refractivity contribution in [3.63, 3.8) is 0 Å². The fraction of sp³-hybridized carbons (Fsp3) is 0.231. The van der Waals surface area contributed by atoms with E-state index in [1.54, 1.807) is 43.6 Å². The van der Waals surface area contributed by atoms with E-state index in [0.717, 1.165) is 5.76 Å². The Morgan fingerprint density at radius 3 is 2.57 bits per heavy atom. The highest BCUT2D eigenvalue weighted by Crippen LogP contribution is 2.18. The first-order chi connectivity index (χ1) is 16.9. The van der Waals surface area contributed by atoms with Gasteiger partial charge in [-0.1, -0.05) is 17.3 Å². The van der Waals surface area contributed by atoms with Crippen LogP contribution in [0.15, 0.2) is 75.9 Å². The Bertz CT molecular complexity index is 1280. The number of nitrogens with zero attached hydrogens (tertiary/aromatic N) is 3. The van der Waals surface area contributed by atoms with Crippen LogP contribution >= 0.6 is 0 Å². The zero-order valence-corrected chi connectivity index (χ0v) is 19.4. The minimum Gasteiger partial charge on any atom is -0.469 e. The number of nitrogens with one attached hydrogen (secondary N) is 1. The monoisotopic (exact) mass is 476 g/mol. The smallest absolute Gasteiger partial charge is 0.257 e. The third-order valence-corrected chi connectivity index (χ3v) is 5.45. The van der Waals surface area contributed by atoms with Crippen molar-refractivity contribution in [2.75, 3.05) is 13.6 Å². The lowest BCUT2D eigenvalue weighted by molar-refractivity contribution is 0.0790. The van der Waals surface area contributed by atoms with Crippen LogP contribution in [0.2, 0.25) is 0 Å².